The number of carbonyl (C=O) groups is 3. The van der Waals surface area contributed by atoms with Gasteiger partial charge in [0.15, 0.2) is 6.10 Å². The molecular formula is C17H28NO6+. The Morgan fingerprint density at radius 2 is 1.67 bits per heavy atom. The molecule has 2 N–H and O–H groups in total. The Balaban J connectivity index is 4.13. The van der Waals surface area contributed by atoms with Crippen molar-refractivity contribution in [2.75, 3.05) is 27.7 Å². The molecule has 0 aliphatic rings. The molecule has 0 amide bonds. The number of hydrogen-bond donors (Lipinski definition) is 2. The summed E-state index contributed by atoms with van der Waals surface area (Å²) in [6.07, 6.45) is 7.64. The molecule has 0 saturated heterocycles. The molecule has 0 bridgehead atoms. The molecule has 136 valence electrons. The number of hydrogen-bond acceptors (Lipinski definition) is 4. The maximum absolute atomic E-state index is 11.8. The van der Waals surface area contributed by atoms with Gasteiger partial charge in [0.05, 0.1) is 34.0 Å². The summed E-state index contributed by atoms with van der Waals surface area (Å²) in [6, 6.07) is 0. The molecule has 1 unspecified atom stereocenters. The van der Waals surface area contributed by atoms with Gasteiger partial charge in [-0.25, -0.2) is 4.79 Å². The average Bonchev–Trinajstić information content (AvgIpc) is 2.38. The van der Waals surface area contributed by atoms with Gasteiger partial charge >= 0.3 is 17.9 Å². The highest BCUT2D eigenvalue weighted by molar-refractivity contribution is 5.79. The topological polar surface area (TPSA) is 101 Å². The van der Waals surface area contributed by atoms with Gasteiger partial charge in [-0.3, -0.25) is 9.59 Å². The lowest BCUT2D eigenvalue weighted by molar-refractivity contribution is -0.873. The van der Waals surface area contributed by atoms with Crippen molar-refractivity contribution in [2.24, 2.45) is 0 Å². The largest absolute Gasteiger partial charge is 0.481 e. The third-order valence-electron chi connectivity index (χ3n) is 2.90. The molecule has 0 heterocycles. The third-order valence-corrected chi connectivity index (χ3v) is 2.90. The van der Waals surface area contributed by atoms with E-state index in [2.05, 4.69) is 0 Å². The lowest BCUT2D eigenvalue weighted by Gasteiger charge is -2.28. The molecule has 24 heavy (non-hydrogen) atoms. The molecule has 1 atom stereocenters. The van der Waals surface area contributed by atoms with Crippen molar-refractivity contribution in [2.45, 2.75) is 38.2 Å². The monoisotopic (exact) mass is 342 g/mol. The van der Waals surface area contributed by atoms with E-state index in [1.165, 1.54) is 0 Å². The van der Waals surface area contributed by atoms with Gasteiger partial charge in [0, 0.05) is 6.08 Å². The number of carboxylic acids is 2. The molecule has 0 aromatic carbocycles. The lowest BCUT2D eigenvalue weighted by Crippen LogP contribution is -2.43. The lowest BCUT2D eigenvalue weighted by atomic mass is 10.2. The van der Waals surface area contributed by atoms with Crippen LogP contribution in [0, 0.1) is 0 Å². The zero-order valence-electron chi connectivity index (χ0n) is 14.6. The number of esters is 1. The Morgan fingerprint density at radius 1 is 1.04 bits per heavy atom. The zero-order valence-corrected chi connectivity index (χ0v) is 14.6. The van der Waals surface area contributed by atoms with Crippen molar-refractivity contribution in [3.63, 3.8) is 0 Å². The van der Waals surface area contributed by atoms with Crippen LogP contribution in [0.15, 0.2) is 24.3 Å². The van der Waals surface area contributed by atoms with Crippen molar-refractivity contribution in [3.8, 4) is 0 Å². The van der Waals surface area contributed by atoms with E-state index >= 15 is 0 Å². The van der Waals surface area contributed by atoms with E-state index in [4.69, 9.17) is 14.9 Å². The molecule has 7 nitrogen and oxygen atoms in total. The van der Waals surface area contributed by atoms with Crippen LogP contribution in [0.4, 0.5) is 0 Å². The van der Waals surface area contributed by atoms with Crippen LogP contribution in [0.1, 0.15) is 32.1 Å². The molecule has 0 fully saturated rings. The van der Waals surface area contributed by atoms with E-state index in [1.807, 2.05) is 27.2 Å². The van der Waals surface area contributed by atoms with Crippen molar-refractivity contribution >= 4 is 17.9 Å². The number of carboxylic acid groups (broad SMARTS) is 2. The predicted molar refractivity (Wildman–Crippen MR) is 89.4 cm³/mol. The second kappa shape index (κ2) is 11.4. The number of allylic oxidation sites excluding steroid dienone is 2. The van der Waals surface area contributed by atoms with Crippen LogP contribution >= 0.6 is 0 Å². The van der Waals surface area contributed by atoms with Crippen molar-refractivity contribution < 1.29 is 33.8 Å². The summed E-state index contributed by atoms with van der Waals surface area (Å²) in [5.74, 6) is -2.40. The number of ether oxygens (including phenoxy) is 1. The van der Waals surface area contributed by atoms with E-state index in [1.54, 1.807) is 12.2 Å². The van der Waals surface area contributed by atoms with Gasteiger partial charge in [0.2, 0.25) is 0 Å². The molecule has 0 radical (unpaired) electrons. The zero-order chi connectivity index (χ0) is 18.6. The number of carbonyl (C=O) groups excluding carboxylic acids is 1. The minimum Gasteiger partial charge on any atom is -0.481 e. The summed E-state index contributed by atoms with van der Waals surface area (Å²) in [5.41, 5.74) is 0. The van der Waals surface area contributed by atoms with Crippen LogP contribution in [0.3, 0.4) is 0 Å². The first-order valence-corrected chi connectivity index (χ1v) is 7.86. The number of unbranched alkanes of at least 4 members (excludes halogenated alkanes) is 2. The Labute approximate surface area is 142 Å². The quantitative estimate of drug-likeness (QED) is 0.184. The minimum absolute atomic E-state index is 0.0955. The Morgan fingerprint density at radius 3 is 2.21 bits per heavy atom. The van der Waals surface area contributed by atoms with Crippen LogP contribution < -0.4 is 0 Å². The normalized spacial score (nSPS) is 13.3. The fourth-order valence-corrected chi connectivity index (χ4v) is 2.02. The summed E-state index contributed by atoms with van der Waals surface area (Å²) in [5, 5.41) is 17.3. The van der Waals surface area contributed by atoms with Crippen LogP contribution in [-0.2, 0) is 19.1 Å². The van der Waals surface area contributed by atoms with Crippen molar-refractivity contribution in [1.82, 2.24) is 0 Å². The summed E-state index contributed by atoms with van der Waals surface area (Å²) >= 11 is 0. The second-order valence-corrected chi connectivity index (χ2v) is 6.53. The highest BCUT2D eigenvalue weighted by atomic mass is 16.5. The number of quaternary nitrogens is 1. The van der Waals surface area contributed by atoms with Gasteiger partial charge in [-0.05, 0) is 19.3 Å². The van der Waals surface area contributed by atoms with Gasteiger partial charge in [0.1, 0.15) is 6.54 Å². The molecule has 0 aromatic heterocycles. The second-order valence-electron chi connectivity index (χ2n) is 6.53. The van der Waals surface area contributed by atoms with Crippen LogP contribution in [0.5, 0.6) is 0 Å². The SMILES string of the molecule is C[N+](C)(C)CC(CC(=O)O)OC(=O)C/C=C/CCC/C=C/C(=O)O. The van der Waals surface area contributed by atoms with E-state index in [0.717, 1.165) is 18.9 Å². The maximum Gasteiger partial charge on any atom is 0.327 e. The summed E-state index contributed by atoms with van der Waals surface area (Å²) in [4.78, 5) is 32.9. The first-order chi connectivity index (χ1) is 11.1. The van der Waals surface area contributed by atoms with E-state index in [9.17, 15) is 14.4 Å². The number of rotatable bonds is 12. The summed E-state index contributed by atoms with van der Waals surface area (Å²) in [7, 11) is 5.71. The van der Waals surface area contributed by atoms with Crippen LogP contribution in [0.25, 0.3) is 0 Å². The Hall–Kier alpha value is -2.15. The predicted octanol–water partition coefficient (Wildman–Crippen LogP) is 1.84. The molecule has 0 aliphatic carbocycles. The smallest absolute Gasteiger partial charge is 0.327 e. The van der Waals surface area contributed by atoms with Crippen molar-refractivity contribution in [1.29, 1.82) is 0 Å². The van der Waals surface area contributed by atoms with Gasteiger partial charge in [-0.15, -0.1) is 0 Å². The molecule has 7 heteroatoms. The van der Waals surface area contributed by atoms with Gasteiger partial charge < -0.3 is 19.4 Å². The highest BCUT2D eigenvalue weighted by Crippen LogP contribution is 2.07. The molecule has 0 saturated carbocycles. The third kappa shape index (κ3) is 14.8. The fraction of sp³-hybridized carbons (Fsp3) is 0.588. The van der Waals surface area contributed by atoms with Crippen LogP contribution in [0.2, 0.25) is 0 Å². The van der Waals surface area contributed by atoms with Gasteiger partial charge in [0.25, 0.3) is 0 Å². The van der Waals surface area contributed by atoms with E-state index in [0.29, 0.717) is 17.4 Å². The Bertz CT molecular complexity index is 476. The molecule has 0 spiro atoms. The maximum atomic E-state index is 11.8. The molecule has 0 aromatic rings. The van der Waals surface area contributed by atoms with E-state index < -0.39 is 24.0 Å². The summed E-state index contributed by atoms with van der Waals surface area (Å²) in [6.45, 7) is 0.428. The van der Waals surface area contributed by atoms with Crippen LogP contribution in [-0.4, -0.2) is 66.4 Å². The van der Waals surface area contributed by atoms with Gasteiger partial charge in [-0.2, -0.15) is 0 Å². The number of likely N-dealkylation sites (N-methyl/N-ethyl adjacent to an activating group) is 1. The van der Waals surface area contributed by atoms with Crippen molar-refractivity contribution in [3.05, 3.63) is 24.3 Å². The first kappa shape index (κ1) is 21.9. The molecule has 0 rings (SSSR count). The number of nitrogens with zero attached hydrogens (tertiary/aromatic N) is 1. The van der Waals surface area contributed by atoms with E-state index in [-0.39, 0.29) is 12.8 Å². The molecular weight excluding hydrogens is 314 g/mol. The Kier molecular flexibility index (Phi) is 10.4. The standard InChI is InChI=1S/C17H27NO6/c1-18(2,3)13-14(12-16(21)22)24-17(23)11-9-7-5-4-6-8-10-15(19)20/h7-10,14H,4-6,11-13H2,1-3H3,(H-,19,20,21,22)/p+1/b9-7+,10-8+. The van der Waals surface area contributed by atoms with Gasteiger partial charge in [-0.1, -0.05) is 18.2 Å². The summed E-state index contributed by atoms with van der Waals surface area (Å²) < 4.78 is 5.75. The minimum atomic E-state index is -0.994. The highest BCUT2D eigenvalue weighted by Gasteiger charge is 2.24. The number of aliphatic carboxylic acids is 2. The molecule has 0 aliphatic heterocycles. The average molecular weight is 342 g/mol. The first-order valence-electron chi connectivity index (χ1n) is 7.86. The fourth-order valence-electron chi connectivity index (χ4n) is 2.02.